The fourth-order valence-electron chi connectivity index (χ4n) is 3.31. The van der Waals surface area contributed by atoms with Crippen LogP contribution in [0, 0.1) is 5.92 Å². The van der Waals surface area contributed by atoms with E-state index in [0.717, 1.165) is 25.9 Å². The van der Waals surface area contributed by atoms with Crippen molar-refractivity contribution in [1.29, 1.82) is 0 Å². The lowest BCUT2D eigenvalue weighted by Crippen LogP contribution is -2.46. The number of nitrogens with zero attached hydrogens (tertiary/aromatic N) is 1. The second-order valence-corrected chi connectivity index (χ2v) is 5.16. The number of fused-ring (bicyclic) bond motifs is 1. The highest BCUT2D eigenvalue weighted by molar-refractivity contribution is 5.84. The highest BCUT2D eigenvalue weighted by Gasteiger charge is 2.37. The van der Waals surface area contributed by atoms with Crippen molar-refractivity contribution in [2.45, 2.75) is 52.2 Å². The van der Waals surface area contributed by atoms with Crippen LogP contribution in [0.2, 0.25) is 0 Å². The van der Waals surface area contributed by atoms with Gasteiger partial charge in [0.15, 0.2) is 0 Å². The molecule has 0 aromatic rings. The van der Waals surface area contributed by atoms with Gasteiger partial charge in [0.2, 0.25) is 0 Å². The summed E-state index contributed by atoms with van der Waals surface area (Å²) in [6, 6.07) is 0.588. The summed E-state index contributed by atoms with van der Waals surface area (Å²) in [6.45, 7) is 8.64. The zero-order valence-corrected chi connectivity index (χ0v) is 11.1. The van der Waals surface area contributed by atoms with Gasteiger partial charge in [-0.05, 0) is 32.9 Å². The molecule has 96 valence electrons. The van der Waals surface area contributed by atoms with E-state index in [1.807, 2.05) is 0 Å². The van der Waals surface area contributed by atoms with E-state index in [9.17, 15) is 4.79 Å². The van der Waals surface area contributed by atoms with Crippen LogP contribution >= 0.6 is 0 Å². The van der Waals surface area contributed by atoms with Gasteiger partial charge in [-0.1, -0.05) is 19.4 Å². The number of carbonyl (C=O) groups excluding carboxylic acids is 1. The van der Waals surface area contributed by atoms with Crippen molar-refractivity contribution in [3.8, 4) is 0 Å². The second kappa shape index (κ2) is 5.21. The Morgan fingerprint density at radius 3 is 2.71 bits per heavy atom. The smallest absolute Gasteiger partial charge is 0.330 e. The van der Waals surface area contributed by atoms with Crippen LogP contribution in [0.25, 0.3) is 0 Å². The SMILES string of the molecule is CCN(CC)C1CCC2C(C)=CC(=O)OC2C1. The van der Waals surface area contributed by atoms with Crippen molar-refractivity contribution in [3.05, 3.63) is 11.6 Å². The minimum Gasteiger partial charge on any atom is -0.459 e. The van der Waals surface area contributed by atoms with Gasteiger partial charge in [-0.15, -0.1) is 0 Å². The molecule has 3 heteroatoms. The second-order valence-electron chi connectivity index (χ2n) is 5.16. The molecule has 1 saturated carbocycles. The topological polar surface area (TPSA) is 29.5 Å². The summed E-state index contributed by atoms with van der Waals surface area (Å²) in [7, 11) is 0. The molecule has 3 unspecified atom stereocenters. The van der Waals surface area contributed by atoms with Gasteiger partial charge >= 0.3 is 5.97 Å². The average molecular weight is 237 g/mol. The lowest BCUT2D eigenvalue weighted by atomic mass is 9.78. The van der Waals surface area contributed by atoms with E-state index in [1.54, 1.807) is 6.08 Å². The maximum atomic E-state index is 11.4. The van der Waals surface area contributed by atoms with E-state index in [2.05, 4.69) is 25.7 Å². The Labute approximate surface area is 104 Å². The monoisotopic (exact) mass is 237 g/mol. The Bertz CT molecular complexity index is 320. The van der Waals surface area contributed by atoms with Gasteiger partial charge in [0.05, 0.1) is 0 Å². The Morgan fingerprint density at radius 1 is 1.35 bits per heavy atom. The van der Waals surface area contributed by atoms with Crippen LogP contribution in [-0.2, 0) is 9.53 Å². The summed E-state index contributed by atoms with van der Waals surface area (Å²) in [6.07, 6.45) is 5.17. The molecule has 1 fully saturated rings. The van der Waals surface area contributed by atoms with Crippen molar-refractivity contribution in [1.82, 2.24) is 4.90 Å². The molecule has 1 aliphatic carbocycles. The number of ether oxygens (including phenoxy) is 1. The maximum Gasteiger partial charge on any atom is 0.330 e. The first-order valence-corrected chi connectivity index (χ1v) is 6.78. The normalized spacial score (nSPS) is 33.1. The summed E-state index contributed by atoms with van der Waals surface area (Å²) in [4.78, 5) is 13.9. The molecule has 0 aromatic carbocycles. The molecule has 0 N–H and O–H groups in total. The van der Waals surface area contributed by atoms with Crippen LogP contribution < -0.4 is 0 Å². The Morgan fingerprint density at radius 2 is 2.06 bits per heavy atom. The molecule has 0 spiro atoms. The van der Waals surface area contributed by atoms with E-state index >= 15 is 0 Å². The van der Waals surface area contributed by atoms with Gasteiger partial charge in [0.25, 0.3) is 0 Å². The van der Waals surface area contributed by atoms with Crippen LogP contribution in [0.3, 0.4) is 0 Å². The fraction of sp³-hybridized carbons (Fsp3) is 0.786. The van der Waals surface area contributed by atoms with E-state index < -0.39 is 0 Å². The molecule has 0 saturated heterocycles. The molecule has 17 heavy (non-hydrogen) atoms. The van der Waals surface area contributed by atoms with Gasteiger partial charge in [-0.3, -0.25) is 0 Å². The van der Waals surface area contributed by atoms with Crippen molar-refractivity contribution < 1.29 is 9.53 Å². The van der Waals surface area contributed by atoms with Crippen molar-refractivity contribution >= 4 is 5.97 Å². The molecule has 1 aliphatic heterocycles. The average Bonchev–Trinajstić information content (AvgIpc) is 2.30. The summed E-state index contributed by atoms with van der Waals surface area (Å²) in [5, 5.41) is 0. The summed E-state index contributed by atoms with van der Waals surface area (Å²) in [5.41, 5.74) is 1.21. The number of esters is 1. The van der Waals surface area contributed by atoms with E-state index in [0.29, 0.717) is 12.0 Å². The predicted molar refractivity (Wildman–Crippen MR) is 67.7 cm³/mol. The Hall–Kier alpha value is -0.830. The van der Waals surface area contributed by atoms with E-state index in [-0.39, 0.29) is 12.1 Å². The zero-order chi connectivity index (χ0) is 12.4. The maximum absolute atomic E-state index is 11.4. The predicted octanol–water partition coefficient (Wildman–Crippen LogP) is 2.37. The summed E-state index contributed by atoms with van der Waals surface area (Å²) >= 11 is 0. The third kappa shape index (κ3) is 2.54. The van der Waals surface area contributed by atoms with Gasteiger partial charge in [-0.25, -0.2) is 4.79 Å². The molecule has 3 atom stereocenters. The highest BCUT2D eigenvalue weighted by atomic mass is 16.5. The number of carbonyl (C=O) groups is 1. The molecule has 0 bridgehead atoms. The van der Waals surface area contributed by atoms with E-state index in [4.69, 9.17) is 4.74 Å². The highest BCUT2D eigenvalue weighted by Crippen LogP contribution is 2.36. The van der Waals surface area contributed by atoms with Crippen LogP contribution in [0.4, 0.5) is 0 Å². The molecular formula is C14H23NO2. The van der Waals surface area contributed by atoms with Crippen LogP contribution in [0.5, 0.6) is 0 Å². The molecule has 3 nitrogen and oxygen atoms in total. The van der Waals surface area contributed by atoms with E-state index in [1.165, 1.54) is 12.0 Å². The first-order chi connectivity index (χ1) is 8.15. The Kier molecular flexibility index (Phi) is 3.87. The summed E-state index contributed by atoms with van der Waals surface area (Å²) in [5.74, 6) is 0.323. The molecule has 0 aromatic heterocycles. The number of rotatable bonds is 3. The van der Waals surface area contributed by atoms with Gasteiger partial charge in [-0.2, -0.15) is 0 Å². The third-order valence-electron chi connectivity index (χ3n) is 4.29. The minimum atomic E-state index is -0.149. The summed E-state index contributed by atoms with van der Waals surface area (Å²) < 4.78 is 5.49. The zero-order valence-electron chi connectivity index (χ0n) is 11.1. The van der Waals surface area contributed by atoms with Crippen molar-refractivity contribution in [3.63, 3.8) is 0 Å². The third-order valence-corrected chi connectivity index (χ3v) is 4.29. The minimum absolute atomic E-state index is 0.117. The van der Waals surface area contributed by atoms with Gasteiger partial charge < -0.3 is 9.64 Å². The molecule has 2 rings (SSSR count). The Balaban J connectivity index is 2.05. The number of hydrogen-bond acceptors (Lipinski definition) is 3. The van der Waals surface area contributed by atoms with Crippen molar-refractivity contribution in [2.24, 2.45) is 5.92 Å². The molecule has 1 heterocycles. The molecule has 2 aliphatic rings. The van der Waals surface area contributed by atoms with Crippen molar-refractivity contribution in [2.75, 3.05) is 13.1 Å². The van der Waals surface area contributed by atoms with Gasteiger partial charge in [0, 0.05) is 24.5 Å². The standard InChI is InChI=1S/C14H23NO2/c1-4-15(5-2)11-6-7-12-10(3)8-14(16)17-13(12)9-11/h8,11-13H,4-7,9H2,1-3H3. The first-order valence-electron chi connectivity index (χ1n) is 6.78. The first kappa shape index (κ1) is 12.6. The quantitative estimate of drug-likeness (QED) is 0.706. The van der Waals surface area contributed by atoms with Gasteiger partial charge in [0.1, 0.15) is 6.10 Å². The lowest BCUT2D eigenvalue weighted by Gasteiger charge is -2.42. The largest absolute Gasteiger partial charge is 0.459 e. The molecule has 0 amide bonds. The number of hydrogen-bond donors (Lipinski definition) is 0. The fourth-order valence-corrected chi connectivity index (χ4v) is 3.31. The van der Waals surface area contributed by atoms with Crippen LogP contribution in [0.15, 0.2) is 11.6 Å². The lowest BCUT2D eigenvalue weighted by molar-refractivity contribution is -0.150. The molecular weight excluding hydrogens is 214 g/mol. The van der Waals surface area contributed by atoms with Crippen LogP contribution in [-0.4, -0.2) is 36.1 Å². The van der Waals surface area contributed by atoms with Crippen LogP contribution in [0.1, 0.15) is 40.0 Å². The molecule has 0 radical (unpaired) electrons.